The van der Waals surface area contributed by atoms with Gasteiger partial charge in [-0.2, -0.15) is 0 Å². The zero-order valence-electron chi connectivity index (χ0n) is 17.4. The van der Waals surface area contributed by atoms with Crippen LogP contribution in [0.1, 0.15) is 25.3 Å². The molecule has 2 fully saturated rings. The van der Waals surface area contributed by atoms with E-state index in [0.29, 0.717) is 12.6 Å². The highest BCUT2D eigenvalue weighted by Gasteiger charge is 2.18. The van der Waals surface area contributed by atoms with E-state index in [4.69, 9.17) is 9.47 Å². The van der Waals surface area contributed by atoms with Crippen molar-refractivity contribution in [2.75, 3.05) is 46.0 Å². The van der Waals surface area contributed by atoms with E-state index in [1.54, 1.807) is 12.1 Å². The first-order chi connectivity index (χ1) is 14.1. The number of nitrogens with one attached hydrogen (secondary N) is 2. The summed E-state index contributed by atoms with van der Waals surface area (Å²) in [5.41, 5.74) is 1.02. The van der Waals surface area contributed by atoms with Gasteiger partial charge in [-0.3, -0.25) is 15.0 Å². The summed E-state index contributed by atoms with van der Waals surface area (Å²) in [5.74, 6) is 0.735. The van der Waals surface area contributed by atoms with Gasteiger partial charge in [0.1, 0.15) is 0 Å². The molecule has 2 saturated heterocycles. The second kappa shape index (κ2) is 13.0. The van der Waals surface area contributed by atoms with Crippen LogP contribution in [-0.2, 0) is 16.0 Å². The lowest BCUT2D eigenvalue weighted by Crippen LogP contribution is -2.50. The monoisotopic (exact) mass is 533 g/mol. The Labute approximate surface area is 194 Å². The van der Waals surface area contributed by atoms with Crippen LogP contribution in [0.15, 0.2) is 29.3 Å². The zero-order valence-corrected chi connectivity index (χ0v) is 19.7. The quantitative estimate of drug-likeness (QED) is 0.174. The van der Waals surface area contributed by atoms with Gasteiger partial charge in [0, 0.05) is 51.0 Å². The van der Waals surface area contributed by atoms with Crippen molar-refractivity contribution < 1.29 is 14.4 Å². The van der Waals surface area contributed by atoms with Gasteiger partial charge in [-0.25, -0.2) is 4.99 Å². The van der Waals surface area contributed by atoms with E-state index in [0.717, 1.165) is 70.4 Å². The molecule has 0 aliphatic carbocycles. The highest BCUT2D eigenvalue weighted by Crippen LogP contribution is 2.13. The third kappa shape index (κ3) is 7.97. The molecular weight excluding hydrogens is 501 g/mol. The molecule has 1 aromatic rings. The van der Waals surface area contributed by atoms with Crippen LogP contribution in [0.5, 0.6) is 0 Å². The van der Waals surface area contributed by atoms with Gasteiger partial charge in [0.05, 0.1) is 30.8 Å². The van der Waals surface area contributed by atoms with E-state index < -0.39 is 4.92 Å². The predicted octanol–water partition coefficient (Wildman–Crippen LogP) is 2.15. The van der Waals surface area contributed by atoms with E-state index in [-0.39, 0.29) is 35.8 Å². The number of non-ortho nitro benzene ring substituents is 1. The van der Waals surface area contributed by atoms with E-state index in [1.165, 1.54) is 12.1 Å². The molecule has 30 heavy (non-hydrogen) atoms. The van der Waals surface area contributed by atoms with Gasteiger partial charge in [-0.1, -0.05) is 12.1 Å². The van der Waals surface area contributed by atoms with Gasteiger partial charge < -0.3 is 20.1 Å². The molecule has 9 nitrogen and oxygen atoms in total. The normalized spacial score (nSPS) is 21.0. The van der Waals surface area contributed by atoms with Crippen LogP contribution in [-0.4, -0.2) is 73.9 Å². The van der Waals surface area contributed by atoms with Gasteiger partial charge >= 0.3 is 0 Å². The molecule has 10 heteroatoms. The number of benzene rings is 1. The summed E-state index contributed by atoms with van der Waals surface area (Å²) in [5, 5.41) is 17.6. The Morgan fingerprint density at radius 1 is 1.27 bits per heavy atom. The number of morpholine rings is 1. The van der Waals surface area contributed by atoms with E-state index in [2.05, 4.69) is 27.4 Å². The fraction of sp³-hybridized carbons (Fsp3) is 0.650. The predicted molar refractivity (Wildman–Crippen MR) is 126 cm³/mol. The van der Waals surface area contributed by atoms with Crippen molar-refractivity contribution >= 4 is 35.6 Å². The third-order valence-electron chi connectivity index (χ3n) is 5.32. The first kappa shape index (κ1) is 24.8. The van der Waals surface area contributed by atoms with Crippen molar-refractivity contribution in [3.05, 3.63) is 39.9 Å². The number of aliphatic imine (C=N–C) groups is 1. The molecular formula is C20H32IN5O4. The summed E-state index contributed by atoms with van der Waals surface area (Å²) in [7, 11) is 0. The fourth-order valence-electron chi connectivity index (χ4n) is 3.48. The number of nitro groups is 1. The second-order valence-corrected chi connectivity index (χ2v) is 7.48. The molecule has 2 aliphatic rings. The second-order valence-electron chi connectivity index (χ2n) is 7.48. The van der Waals surface area contributed by atoms with Crippen molar-refractivity contribution in [1.29, 1.82) is 0 Å². The van der Waals surface area contributed by atoms with E-state index in [9.17, 15) is 10.1 Å². The molecule has 168 valence electrons. The van der Waals surface area contributed by atoms with Crippen molar-refractivity contribution in [3.63, 3.8) is 0 Å². The Kier molecular flexibility index (Phi) is 10.8. The molecule has 1 aromatic carbocycles. The van der Waals surface area contributed by atoms with Crippen molar-refractivity contribution in [2.45, 2.75) is 38.5 Å². The molecule has 3 rings (SSSR count). The van der Waals surface area contributed by atoms with Crippen LogP contribution < -0.4 is 10.6 Å². The minimum Gasteiger partial charge on any atom is -0.379 e. The molecule has 0 saturated carbocycles. The molecule has 0 bridgehead atoms. The highest BCUT2D eigenvalue weighted by atomic mass is 127. The molecule has 0 radical (unpaired) electrons. The number of nitro benzene ring substituents is 1. The van der Waals surface area contributed by atoms with Crippen LogP contribution in [0.4, 0.5) is 5.69 Å². The van der Waals surface area contributed by atoms with Gasteiger partial charge in [0.2, 0.25) is 0 Å². The minimum atomic E-state index is -0.393. The van der Waals surface area contributed by atoms with Gasteiger partial charge in [0.15, 0.2) is 5.96 Å². The SMILES string of the molecule is CC(CNC(=NCc1ccc([N+](=O)[O-])cc1)NCC1CCCO1)N1CCOCC1.I. The maximum atomic E-state index is 10.8. The number of halogens is 1. The number of hydrogen-bond acceptors (Lipinski definition) is 6. The Balaban J connectivity index is 0.00000320. The van der Waals surface area contributed by atoms with Crippen LogP contribution >= 0.6 is 24.0 Å². The lowest BCUT2D eigenvalue weighted by Gasteiger charge is -2.32. The Hall–Kier alpha value is -1.50. The lowest BCUT2D eigenvalue weighted by molar-refractivity contribution is -0.384. The Bertz CT molecular complexity index is 676. The Morgan fingerprint density at radius 2 is 2.00 bits per heavy atom. The fourth-order valence-corrected chi connectivity index (χ4v) is 3.48. The van der Waals surface area contributed by atoms with Crippen molar-refractivity contribution in [3.8, 4) is 0 Å². The van der Waals surface area contributed by atoms with Crippen LogP contribution in [0.2, 0.25) is 0 Å². The van der Waals surface area contributed by atoms with E-state index >= 15 is 0 Å². The third-order valence-corrected chi connectivity index (χ3v) is 5.32. The number of guanidine groups is 1. The summed E-state index contributed by atoms with van der Waals surface area (Å²) in [6.07, 6.45) is 2.38. The number of rotatable bonds is 8. The maximum absolute atomic E-state index is 10.8. The molecule has 2 heterocycles. The summed E-state index contributed by atoms with van der Waals surface area (Å²) < 4.78 is 11.1. The van der Waals surface area contributed by atoms with Gasteiger partial charge in [-0.05, 0) is 25.3 Å². The molecule has 2 unspecified atom stereocenters. The number of nitrogens with zero attached hydrogens (tertiary/aromatic N) is 3. The first-order valence-corrected chi connectivity index (χ1v) is 10.3. The Morgan fingerprint density at radius 3 is 2.63 bits per heavy atom. The van der Waals surface area contributed by atoms with Crippen LogP contribution in [0.3, 0.4) is 0 Å². The van der Waals surface area contributed by atoms with Crippen LogP contribution in [0, 0.1) is 10.1 Å². The first-order valence-electron chi connectivity index (χ1n) is 10.3. The smallest absolute Gasteiger partial charge is 0.269 e. The molecule has 2 N–H and O–H groups in total. The topological polar surface area (TPSA) is 101 Å². The maximum Gasteiger partial charge on any atom is 0.269 e. The number of ether oxygens (including phenoxy) is 2. The molecule has 0 amide bonds. The number of hydrogen-bond donors (Lipinski definition) is 2. The van der Waals surface area contributed by atoms with Crippen molar-refractivity contribution in [2.24, 2.45) is 4.99 Å². The highest BCUT2D eigenvalue weighted by molar-refractivity contribution is 14.0. The van der Waals surface area contributed by atoms with Gasteiger partial charge in [-0.15, -0.1) is 24.0 Å². The average molecular weight is 533 g/mol. The molecule has 2 atom stereocenters. The van der Waals surface area contributed by atoms with Crippen molar-refractivity contribution in [1.82, 2.24) is 15.5 Å². The molecule has 0 aromatic heterocycles. The van der Waals surface area contributed by atoms with Gasteiger partial charge in [0.25, 0.3) is 5.69 Å². The summed E-state index contributed by atoms with van der Waals surface area (Å²) in [4.78, 5) is 17.5. The lowest BCUT2D eigenvalue weighted by atomic mass is 10.2. The minimum absolute atomic E-state index is 0. The standard InChI is InChI=1S/C20H31N5O4.HI/c1-16(24-8-11-28-12-9-24)13-21-20(23-15-19-3-2-10-29-19)22-14-17-4-6-18(7-5-17)25(26)27;/h4-7,16,19H,2-3,8-15H2,1H3,(H2,21,22,23);1H. The molecule has 0 spiro atoms. The largest absolute Gasteiger partial charge is 0.379 e. The average Bonchev–Trinajstić information content (AvgIpc) is 3.27. The summed E-state index contributed by atoms with van der Waals surface area (Å²) in [6.45, 7) is 8.42. The zero-order chi connectivity index (χ0) is 20.5. The van der Waals surface area contributed by atoms with Crippen LogP contribution in [0.25, 0.3) is 0 Å². The summed E-state index contributed by atoms with van der Waals surface area (Å²) in [6, 6.07) is 6.88. The molecule has 2 aliphatic heterocycles. The van der Waals surface area contributed by atoms with E-state index in [1.807, 2.05) is 0 Å². The summed E-state index contributed by atoms with van der Waals surface area (Å²) >= 11 is 0.